The third-order valence-electron chi connectivity index (χ3n) is 2.67. The number of rotatable bonds is 7. The fourth-order valence-corrected chi connectivity index (χ4v) is 1.98. The van der Waals surface area contributed by atoms with Gasteiger partial charge in [0.1, 0.15) is 0 Å². The maximum atomic E-state index is 3.81. The molecule has 0 N–H and O–H groups in total. The minimum atomic E-state index is 1.06. The lowest BCUT2D eigenvalue weighted by Gasteiger charge is -2.21. The second-order valence-corrected chi connectivity index (χ2v) is 4.23. The van der Waals surface area contributed by atoms with Crippen LogP contribution < -0.4 is 0 Å². The Labute approximate surface area is 99.8 Å². The van der Waals surface area contributed by atoms with E-state index in [1.165, 1.54) is 37.1 Å². The highest BCUT2D eigenvalue weighted by Gasteiger charge is 2.03. The molecule has 1 aromatic rings. The minimum Gasteiger partial charge on any atom is -0.299 e. The van der Waals surface area contributed by atoms with Crippen LogP contribution in [0.25, 0.3) is 6.08 Å². The molecule has 0 saturated carbocycles. The van der Waals surface area contributed by atoms with Crippen LogP contribution in [-0.2, 0) is 6.54 Å². The van der Waals surface area contributed by atoms with Crippen molar-refractivity contribution in [1.29, 1.82) is 0 Å². The van der Waals surface area contributed by atoms with Crippen molar-refractivity contribution in [1.82, 2.24) is 4.90 Å². The van der Waals surface area contributed by atoms with E-state index < -0.39 is 0 Å². The van der Waals surface area contributed by atoms with Crippen molar-refractivity contribution in [2.75, 3.05) is 13.1 Å². The molecule has 0 aliphatic heterocycles. The van der Waals surface area contributed by atoms with Gasteiger partial charge >= 0.3 is 0 Å². The molecule has 0 unspecified atom stereocenters. The van der Waals surface area contributed by atoms with Gasteiger partial charge in [-0.15, -0.1) is 0 Å². The summed E-state index contributed by atoms with van der Waals surface area (Å²) in [6.07, 6.45) is 4.36. The normalized spacial score (nSPS) is 10.7. The summed E-state index contributed by atoms with van der Waals surface area (Å²) in [5.74, 6) is 0. The molecule has 0 amide bonds. The Morgan fingerprint density at radius 3 is 2.44 bits per heavy atom. The number of hydrogen-bond donors (Lipinski definition) is 0. The monoisotopic (exact) mass is 217 g/mol. The third-order valence-corrected chi connectivity index (χ3v) is 2.67. The lowest BCUT2D eigenvalue weighted by molar-refractivity contribution is 0.266. The molecule has 0 aliphatic rings. The smallest absolute Gasteiger partial charge is 0.0233 e. The van der Waals surface area contributed by atoms with Gasteiger partial charge < -0.3 is 0 Å². The number of benzene rings is 1. The number of nitrogens with zero attached hydrogens (tertiary/aromatic N) is 1. The largest absolute Gasteiger partial charge is 0.299 e. The Hall–Kier alpha value is -1.08. The molecule has 0 radical (unpaired) electrons. The summed E-state index contributed by atoms with van der Waals surface area (Å²) >= 11 is 0. The van der Waals surface area contributed by atoms with E-state index in [0.717, 1.165) is 6.54 Å². The zero-order valence-electron chi connectivity index (χ0n) is 10.6. The lowest BCUT2D eigenvalue weighted by atomic mass is 10.1. The molecule has 1 heteroatoms. The summed E-state index contributed by atoms with van der Waals surface area (Å²) in [5, 5.41) is 0. The highest BCUT2D eigenvalue weighted by molar-refractivity contribution is 5.47. The second-order valence-electron chi connectivity index (χ2n) is 4.23. The Kier molecular flexibility index (Phi) is 5.87. The van der Waals surface area contributed by atoms with Crippen LogP contribution in [0.4, 0.5) is 0 Å². The maximum absolute atomic E-state index is 3.81. The maximum Gasteiger partial charge on any atom is 0.0233 e. The van der Waals surface area contributed by atoms with Gasteiger partial charge in [-0.1, -0.05) is 50.8 Å². The van der Waals surface area contributed by atoms with Crippen LogP contribution in [0.1, 0.15) is 37.8 Å². The van der Waals surface area contributed by atoms with Crippen molar-refractivity contribution >= 4 is 6.08 Å². The third kappa shape index (κ3) is 4.19. The van der Waals surface area contributed by atoms with E-state index in [1.54, 1.807) is 0 Å². The summed E-state index contributed by atoms with van der Waals surface area (Å²) in [7, 11) is 0. The predicted octanol–water partition coefficient (Wildman–Crippen LogP) is 3.95. The molecule has 0 aromatic heterocycles. The summed E-state index contributed by atoms with van der Waals surface area (Å²) in [6, 6.07) is 8.64. The van der Waals surface area contributed by atoms with E-state index in [4.69, 9.17) is 0 Å². The van der Waals surface area contributed by atoms with Crippen molar-refractivity contribution in [3.63, 3.8) is 0 Å². The molecule has 1 nitrogen and oxygen atoms in total. The van der Waals surface area contributed by atoms with Gasteiger partial charge in [0.25, 0.3) is 0 Å². The Balaban J connectivity index is 2.64. The van der Waals surface area contributed by atoms with Crippen LogP contribution in [0.5, 0.6) is 0 Å². The average molecular weight is 217 g/mol. The fourth-order valence-electron chi connectivity index (χ4n) is 1.98. The van der Waals surface area contributed by atoms with Crippen molar-refractivity contribution in [3.8, 4) is 0 Å². The van der Waals surface area contributed by atoms with Gasteiger partial charge in [0, 0.05) is 6.54 Å². The standard InChI is InChI=1S/C15H23N/c1-4-10-16(11-5-2)13-15-9-7-8-14(6-3)12-15/h6-9,12H,3-5,10-11,13H2,1-2H3. The molecular weight excluding hydrogens is 194 g/mol. The molecule has 1 rings (SSSR count). The first-order valence-corrected chi connectivity index (χ1v) is 6.23. The van der Waals surface area contributed by atoms with Crippen LogP contribution in [0.2, 0.25) is 0 Å². The first-order valence-electron chi connectivity index (χ1n) is 6.23. The molecule has 0 atom stereocenters. The van der Waals surface area contributed by atoms with E-state index in [1.807, 2.05) is 6.08 Å². The van der Waals surface area contributed by atoms with Gasteiger partial charge in [-0.2, -0.15) is 0 Å². The molecule has 0 spiro atoms. The lowest BCUT2D eigenvalue weighted by Crippen LogP contribution is -2.24. The predicted molar refractivity (Wildman–Crippen MR) is 72.4 cm³/mol. The second kappa shape index (κ2) is 7.24. The molecule has 0 bridgehead atoms. The summed E-state index contributed by atoms with van der Waals surface area (Å²) in [4.78, 5) is 2.52. The van der Waals surface area contributed by atoms with Gasteiger partial charge in [-0.25, -0.2) is 0 Å². The highest BCUT2D eigenvalue weighted by Crippen LogP contribution is 2.10. The minimum absolute atomic E-state index is 1.06. The van der Waals surface area contributed by atoms with Gasteiger partial charge in [-0.05, 0) is 37.1 Å². The van der Waals surface area contributed by atoms with E-state index in [-0.39, 0.29) is 0 Å². The fraction of sp³-hybridized carbons (Fsp3) is 0.467. The molecule has 16 heavy (non-hydrogen) atoms. The first kappa shape index (κ1) is 13.0. The van der Waals surface area contributed by atoms with Crippen molar-refractivity contribution < 1.29 is 0 Å². The molecule has 0 aliphatic carbocycles. The molecule has 0 heterocycles. The van der Waals surface area contributed by atoms with E-state index >= 15 is 0 Å². The summed E-state index contributed by atoms with van der Waals surface area (Å²) in [5.41, 5.74) is 2.60. The Morgan fingerprint density at radius 2 is 1.88 bits per heavy atom. The quantitative estimate of drug-likeness (QED) is 0.668. The molecule has 88 valence electrons. The van der Waals surface area contributed by atoms with Crippen LogP contribution in [-0.4, -0.2) is 18.0 Å². The zero-order chi connectivity index (χ0) is 11.8. The van der Waals surface area contributed by atoms with Gasteiger partial charge in [-0.3, -0.25) is 4.90 Å². The average Bonchev–Trinajstić information content (AvgIpc) is 2.30. The Morgan fingerprint density at radius 1 is 1.19 bits per heavy atom. The zero-order valence-corrected chi connectivity index (χ0v) is 10.6. The van der Waals surface area contributed by atoms with Crippen LogP contribution in [0.15, 0.2) is 30.8 Å². The Bertz CT molecular complexity index is 311. The van der Waals surface area contributed by atoms with Crippen molar-refractivity contribution in [2.24, 2.45) is 0 Å². The van der Waals surface area contributed by atoms with Gasteiger partial charge in [0.15, 0.2) is 0 Å². The van der Waals surface area contributed by atoms with E-state index in [9.17, 15) is 0 Å². The molecule has 0 saturated heterocycles. The van der Waals surface area contributed by atoms with Gasteiger partial charge in [0.05, 0.1) is 0 Å². The van der Waals surface area contributed by atoms with Gasteiger partial charge in [0.2, 0.25) is 0 Å². The SMILES string of the molecule is C=Cc1cccc(CN(CCC)CCC)c1. The summed E-state index contributed by atoms with van der Waals surface area (Å²) in [6.45, 7) is 11.7. The van der Waals surface area contributed by atoms with Crippen LogP contribution >= 0.6 is 0 Å². The van der Waals surface area contributed by atoms with Crippen LogP contribution in [0.3, 0.4) is 0 Å². The van der Waals surface area contributed by atoms with Crippen molar-refractivity contribution in [2.45, 2.75) is 33.2 Å². The van der Waals surface area contributed by atoms with Crippen LogP contribution in [0, 0.1) is 0 Å². The van der Waals surface area contributed by atoms with E-state index in [2.05, 4.69) is 49.6 Å². The molecular formula is C15H23N. The molecule has 1 aromatic carbocycles. The number of hydrogen-bond acceptors (Lipinski definition) is 1. The van der Waals surface area contributed by atoms with Crippen molar-refractivity contribution in [3.05, 3.63) is 42.0 Å². The van der Waals surface area contributed by atoms with E-state index in [0.29, 0.717) is 0 Å². The molecule has 0 fully saturated rings. The summed E-state index contributed by atoms with van der Waals surface area (Å²) < 4.78 is 0. The highest BCUT2D eigenvalue weighted by atomic mass is 15.1. The topological polar surface area (TPSA) is 3.24 Å². The first-order chi connectivity index (χ1) is 7.80.